The van der Waals surface area contributed by atoms with Crippen LogP contribution in [0.1, 0.15) is 15.9 Å². The molecule has 0 unspecified atom stereocenters. The van der Waals surface area contributed by atoms with Gasteiger partial charge in [-0.3, -0.25) is 14.9 Å². The summed E-state index contributed by atoms with van der Waals surface area (Å²) in [4.78, 5) is 29.1. The summed E-state index contributed by atoms with van der Waals surface area (Å²) in [7, 11) is 3.62. The average Bonchev–Trinajstić information content (AvgIpc) is 2.98. The van der Waals surface area contributed by atoms with Gasteiger partial charge in [0.25, 0.3) is 17.6 Å². The number of hydrogen-bond donors (Lipinski definition) is 1. The van der Waals surface area contributed by atoms with Crippen LogP contribution in [0.15, 0.2) is 40.8 Å². The summed E-state index contributed by atoms with van der Waals surface area (Å²) < 4.78 is 5.59. The fourth-order valence-corrected chi connectivity index (χ4v) is 2.37. The molecule has 8 heteroatoms. The Morgan fingerprint density at radius 3 is 2.68 bits per heavy atom. The summed E-state index contributed by atoms with van der Waals surface area (Å²) >= 11 is 0. The smallest absolute Gasteiger partial charge is 0.297 e. The van der Waals surface area contributed by atoms with Crippen LogP contribution in [0.3, 0.4) is 0 Å². The fraction of sp³-hybridized carbons (Fsp3) is 0.176. The highest BCUT2D eigenvalue weighted by molar-refractivity contribution is 6.07. The lowest BCUT2D eigenvalue weighted by Crippen LogP contribution is -2.14. The largest absolute Gasteiger partial charge is 0.423 e. The molecular weight excluding hydrogens is 324 g/mol. The first-order valence-corrected chi connectivity index (χ1v) is 7.49. The maximum Gasteiger partial charge on any atom is 0.297 e. The van der Waals surface area contributed by atoms with Gasteiger partial charge >= 0.3 is 0 Å². The van der Waals surface area contributed by atoms with Gasteiger partial charge in [0.15, 0.2) is 5.58 Å². The first-order chi connectivity index (χ1) is 11.8. The van der Waals surface area contributed by atoms with Crippen LogP contribution in [0.5, 0.6) is 0 Å². The number of anilines is 2. The van der Waals surface area contributed by atoms with Crippen molar-refractivity contribution in [2.24, 2.45) is 0 Å². The minimum Gasteiger partial charge on any atom is -0.423 e. The molecule has 0 spiro atoms. The molecule has 0 aliphatic carbocycles. The highest BCUT2D eigenvalue weighted by Gasteiger charge is 2.20. The molecule has 1 amide bonds. The number of amides is 1. The van der Waals surface area contributed by atoms with E-state index in [2.05, 4.69) is 10.3 Å². The topological polar surface area (TPSA) is 102 Å². The second-order valence-electron chi connectivity index (χ2n) is 5.81. The number of nitro benzene ring substituents is 1. The molecule has 0 aliphatic heterocycles. The Kier molecular flexibility index (Phi) is 4.10. The molecule has 0 aliphatic rings. The van der Waals surface area contributed by atoms with E-state index >= 15 is 0 Å². The molecule has 3 aromatic rings. The van der Waals surface area contributed by atoms with Crippen LogP contribution >= 0.6 is 0 Å². The van der Waals surface area contributed by atoms with Crippen molar-refractivity contribution in [1.82, 2.24) is 4.98 Å². The van der Waals surface area contributed by atoms with Crippen LogP contribution in [-0.4, -0.2) is 29.9 Å². The first kappa shape index (κ1) is 16.4. The molecule has 25 heavy (non-hydrogen) atoms. The summed E-state index contributed by atoms with van der Waals surface area (Å²) in [6.07, 6.45) is 0. The second-order valence-corrected chi connectivity index (χ2v) is 5.81. The zero-order chi connectivity index (χ0) is 18.1. The van der Waals surface area contributed by atoms with Gasteiger partial charge in [-0.05, 0) is 30.7 Å². The fourth-order valence-electron chi connectivity index (χ4n) is 2.37. The van der Waals surface area contributed by atoms with Crippen molar-refractivity contribution in [3.63, 3.8) is 0 Å². The highest BCUT2D eigenvalue weighted by Crippen LogP contribution is 2.25. The third kappa shape index (κ3) is 3.27. The Labute approximate surface area is 143 Å². The predicted octanol–water partition coefficient (Wildman–Crippen LogP) is 3.36. The van der Waals surface area contributed by atoms with Gasteiger partial charge in [-0.25, -0.2) is 0 Å². The molecule has 2 aromatic carbocycles. The van der Waals surface area contributed by atoms with Crippen LogP contribution in [0.4, 0.5) is 17.4 Å². The molecule has 3 rings (SSSR count). The normalized spacial score (nSPS) is 10.7. The number of carbonyl (C=O) groups excluding carboxylic acids is 1. The lowest BCUT2D eigenvalue weighted by atomic mass is 10.1. The van der Waals surface area contributed by atoms with E-state index in [0.717, 1.165) is 5.56 Å². The molecule has 0 saturated carbocycles. The van der Waals surface area contributed by atoms with Crippen LogP contribution in [0, 0.1) is 17.0 Å². The van der Waals surface area contributed by atoms with E-state index in [-0.39, 0.29) is 11.3 Å². The van der Waals surface area contributed by atoms with Crippen molar-refractivity contribution in [2.45, 2.75) is 6.92 Å². The van der Waals surface area contributed by atoms with E-state index in [4.69, 9.17) is 4.42 Å². The zero-order valence-electron chi connectivity index (χ0n) is 13.9. The number of carbonyl (C=O) groups is 1. The third-order valence-corrected chi connectivity index (χ3v) is 3.61. The Bertz CT molecular complexity index is 978. The molecule has 1 heterocycles. The Morgan fingerprint density at radius 1 is 1.24 bits per heavy atom. The number of oxazole rings is 1. The molecular formula is C17H16N4O4. The van der Waals surface area contributed by atoms with Crippen LogP contribution in [0.2, 0.25) is 0 Å². The number of nitrogens with one attached hydrogen (secondary N) is 1. The minimum atomic E-state index is -0.572. The number of aromatic nitrogens is 1. The van der Waals surface area contributed by atoms with Gasteiger partial charge in [-0.2, -0.15) is 4.98 Å². The van der Waals surface area contributed by atoms with E-state index in [1.54, 1.807) is 36.1 Å². The van der Waals surface area contributed by atoms with Crippen molar-refractivity contribution < 1.29 is 14.1 Å². The molecule has 0 saturated heterocycles. The monoisotopic (exact) mass is 340 g/mol. The predicted molar refractivity (Wildman–Crippen MR) is 94.1 cm³/mol. The van der Waals surface area contributed by atoms with Crippen molar-refractivity contribution >= 4 is 34.4 Å². The second kappa shape index (κ2) is 6.23. The molecule has 0 radical (unpaired) electrons. The van der Waals surface area contributed by atoms with Crippen molar-refractivity contribution in [3.05, 3.63) is 57.6 Å². The average molecular weight is 340 g/mol. The number of nitrogens with zero attached hydrogens (tertiary/aromatic N) is 3. The van der Waals surface area contributed by atoms with Crippen molar-refractivity contribution in [2.75, 3.05) is 24.3 Å². The van der Waals surface area contributed by atoms with Crippen molar-refractivity contribution in [1.29, 1.82) is 0 Å². The molecule has 0 bridgehead atoms. The number of rotatable bonds is 4. The van der Waals surface area contributed by atoms with Gasteiger partial charge < -0.3 is 14.6 Å². The molecule has 1 aromatic heterocycles. The molecule has 1 N–H and O–H groups in total. The van der Waals surface area contributed by atoms with Crippen LogP contribution in [0.25, 0.3) is 11.1 Å². The third-order valence-electron chi connectivity index (χ3n) is 3.61. The van der Waals surface area contributed by atoms with E-state index in [0.29, 0.717) is 22.8 Å². The molecule has 0 fully saturated rings. The van der Waals surface area contributed by atoms with Crippen LogP contribution < -0.4 is 10.2 Å². The van der Waals surface area contributed by atoms with Gasteiger partial charge in [0.2, 0.25) is 0 Å². The number of benzene rings is 2. The van der Waals surface area contributed by atoms with Gasteiger partial charge in [0.05, 0.1) is 4.92 Å². The number of aryl methyl sites for hydroxylation is 1. The van der Waals surface area contributed by atoms with Gasteiger partial charge in [-0.15, -0.1) is 0 Å². The number of fused-ring (bicyclic) bond motifs is 1. The van der Waals surface area contributed by atoms with E-state index in [9.17, 15) is 14.9 Å². The number of nitro groups is 1. The van der Waals surface area contributed by atoms with Gasteiger partial charge in [0.1, 0.15) is 11.1 Å². The summed E-state index contributed by atoms with van der Waals surface area (Å²) in [5.41, 5.74) is 2.17. The SMILES string of the molecule is Cc1ccc([N+](=O)[O-])c(C(=O)Nc2ccc3nc(N(C)C)oc3c2)c1. The van der Waals surface area contributed by atoms with E-state index in [1.165, 1.54) is 12.1 Å². The Hall–Kier alpha value is -3.42. The summed E-state index contributed by atoms with van der Waals surface area (Å²) in [6, 6.07) is 9.88. The van der Waals surface area contributed by atoms with Gasteiger partial charge in [-0.1, -0.05) is 6.07 Å². The van der Waals surface area contributed by atoms with Crippen LogP contribution in [-0.2, 0) is 0 Å². The summed E-state index contributed by atoms with van der Waals surface area (Å²) in [5, 5.41) is 13.8. The maximum absolute atomic E-state index is 12.5. The first-order valence-electron chi connectivity index (χ1n) is 7.49. The Morgan fingerprint density at radius 2 is 2.00 bits per heavy atom. The van der Waals surface area contributed by atoms with E-state index in [1.807, 2.05) is 14.1 Å². The Balaban J connectivity index is 1.92. The maximum atomic E-state index is 12.5. The van der Waals surface area contributed by atoms with E-state index < -0.39 is 10.8 Å². The van der Waals surface area contributed by atoms with Gasteiger partial charge in [0, 0.05) is 31.9 Å². The lowest BCUT2D eigenvalue weighted by Gasteiger charge is -2.06. The minimum absolute atomic E-state index is 0.0108. The molecule has 8 nitrogen and oxygen atoms in total. The molecule has 0 atom stereocenters. The standard InChI is InChI=1S/C17H16N4O4/c1-10-4-7-14(21(23)24)12(8-10)16(22)18-11-5-6-13-15(9-11)25-17(19-13)20(2)3/h4-9H,1-3H3,(H,18,22). The molecule has 128 valence electrons. The quantitative estimate of drug-likeness (QED) is 0.577. The zero-order valence-corrected chi connectivity index (χ0v) is 13.9. The summed E-state index contributed by atoms with van der Waals surface area (Å²) in [6.45, 7) is 1.77. The summed E-state index contributed by atoms with van der Waals surface area (Å²) in [5.74, 6) is -0.554. The van der Waals surface area contributed by atoms with Crippen molar-refractivity contribution in [3.8, 4) is 0 Å². The highest BCUT2D eigenvalue weighted by atomic mass is 16.6. The number of hydrogen-bond acceptors (Lipinski definition) is 6. The lowest BCUT2D eigenvalue weighted by molar-refractivity contribution is -0.385.